The first-order valence-electron chi connectivity index (χ1n) is 12.0. The molecule has 1 heterocycles. The molecule has 3 rings (SSSR count). The van der Waals surface area contributed by atoms with E-state index < -0.39 is 16.0 Å². The molecule has 5 nitrogen and oxygen atoms in total. The lowest BCUT2D eigenvalue weighted by Gasteiger charge is -2.34. The molecule has 0 atom stereocenters. The van der Waals surface area contributed by atoms with Crippen molar-refractivity contribution < 1.29 is 19.7 Å². The van der Waals surface area contributed by atoms with Crippen LogP contribution in [-0.4, -0.2) is 52.0 Å². The second-order valence-electron chi connectivity index (χ2n) is 8.45. The highest BCUT2D eigenvalue weighted by molar-refractivity contribution is 8.32. The van der Waals surface area contributed by atoms with Crippen molar-refractivity contribution in [3.63, 3.8) is 0 Å². The lowest BCUT2D eigenvalue weighted by Crippen LogP contribution is -2.38. The standard InChI is InChI=1S/C21H31F2N3O2S.2C2H6.H2/c1-4-29(2,3)8-7-28-15-26-14-25-18-9-16(5-6-19(18)26)13-24-20(27)10-17-11-21(22,23)12-17;2*1-2;/h5-6,9,14,17H,4,7-8,10-13,15H2,1-3H3,(H,24,27);2*1-2H3;1H. The van der Waals surface area contributed by atoms with Gasteiger partial charge in [0.1, 0.15) is 6.73 Å². The van der Waals surface area contributed by atoms with Gasteiger partial charge in [0.15, 0.2) is 0 Å². The molecule has 1 aliphatic carbocycles. The van der Waals surface area contributed by atoms with Crippen molar-refractivity contribution in [2.45, 2.75) is 73.1 Å². The van der Waals surface area contributed by atoms with E-state index in [0.29, 0.717) is 13.3 Å². The number of amides is 1. The van der Waals surface area contributed by atoms with E-state index in [0.717, 1.165) is 29.0 Å². The molecule has 1 fully saturated rings. The first kappa shape index (κ1) is 29.4. The number of nitrogens with zero attached hydrogens (tertiary/aromatic N) is 2. The molecule has 1 N–H and O–H groups in total. The van der Waals surface area contributed by atoms with E-state index in [9.17, 15) is 13.6 Å². The zero-order valence-electron chi connectivity index (χ0n) is 21.4. The average molecular weight is 490 g/mol. The van der Waals surface area contributed by atoms with Gasteiger partial charge in [-0.2, -0.15) is 0 Å². The maximum atomic E-state index is 12.9. The van der Waals surface area contributed by atoms with Gasteiger partial charge in [0, 0.05) is 33.0 Å². The van der Waals surface area contributed by atoms with Crippen molar-refractivity contribution in [2.75, 3.05) is 30.6 Å². The van der Waals surface area contributed by atoms with Gasteiger partial charge in [-0.05, 0) is 41.9 Å². The van der Waals surface area contributed by atoms with E-state index in [1.54, 1.807) is 6.33 Å². The fourth-order valence-corrected chi connectivity index (χ4v) is 4.24. The van der Waals surface area contributed by atoms with Crippen molar-refractivity contribution in [3.8, 4) is 0 Å². The van der Waals surface area contributed by atoms with E-state index in [1.807, 2.05) is 50.5 Å². The van der Waals surface area contributed by atoms with E-state index in [-0.39, 0.29) is 32.5 Å². The van der Waals surface area contributed by atoms with E-state index >= 15 is 0 Å². The van der Waals surface area contributed by atoms with Crippen molar-refractivity contribution >= 4 is 27.0 Å². The molecular weight excluding hydrogens is 444 g/mol. The number of aromatic nitrogens is 2. The molecule has 33 heavy (non-hydrogen) atoms. The van der Waals surface area contributed by atoms with Crippen LogP contribution in [0.4, 0.5) is 8.78 Å². The van der Waals surface area contributed by atoms with Gasteiger partial charge >= 0.3 is 0 Å². The highest BCUT2D eigenvalue weighted by atomic mass is 32.3. The summed E-state index contributed by atoms with van der Waals surface area (Å²) in [4.78, 5) is 16.4. The first-order valence-corrected chi connectivity index (χ1v) is 14.8. The Hall–Kier alpha value is -1.67. The van der Waals surface area contributed by atoms with Gasteiger partial charge in [0.05, 0.1) is 24.0 Å². The monoisotopic (exact) mass is 489 g/mol. The van der Waals surface area contributed by atoms with E-state index in [2.05, 4.69) is 29.7 Å². The summed E-state index contributed by atoms with van der Waals surface area (Å²) >= 11 is 0. The molecule has 1 saturated carbocycles. The number of imidazole rings is 1. The zero-order chi connectivity index (χ0) is 25.1. The molecule has 0 spiro atoms. The molecule has 2 aromatic rings. The third kappa shape index (κ3) is 9.61. The topological polar surface area (TPSA) is 56.1 Å². The number of halogens is 2. The van der Waals surface area contributed by atoms with Crippen LogP contribution in [0.1, 0.15) is 60.9 Å². The molecular formula is C25H45F2N3O2S. The lowest BCUT2D eigenvalue weighted by molar-refractivity contribution is -0.133. The summed E-state index contributed by atoms with van der Waals surface area (Å²) in [5, 5.41) is 2.82. The molecule has 1 aliphatic rings. The smallest absolute Gasteiger partial charge is 0.248 e. The minimum atomic E-state index is -2.58. The average Bonchev–Trinajstić information content (AvgIpc) is 3.19. The SMILES string of the molecule is CC.CC.CCS(C)(C)CCOCn1cnc2cc(CNC(=O)CC3CC(F)(F)C3)ccc21.[HH]. The number of alkyl halides is 2. The molecule has 0 saturated heterocycles. The maximum Gasteiger partial charge on any atom is 0.248 e. The Labute approximate surface area is 201 Å². The fourth-order valence-electron chi connectivity index (χ4n) is 3.38. The number of ether oxygens (including phenoxy) is 1. The van der Waals surface area contributed by atoms with E-state index in [4.69, 9.17) is 4.74 Å². The number of nitrogens with one attached hydrogen (secondary N) is 1. The number of fused-ring (bicyclic) bond motifs is 1. The molecule has 8 heteroatoms. The number of hydrogen-bond donors (Lipinski definition) is 1. The second kappa shape index (κ2) is 13.9. The summed E-state index contributed by atoms with van der Waals surface area (Å²) in [5.74, 6) is -0.657. The Kier molecular flexibility index (Phi) is 12.4. The molecule has 0 bridgehead atoms. The predicted molar refractivity (Wildman–Crippen MR) is 139 cm³/mol. The Bertz CT molecular complexity index is 854. The Balaban J connectivity index is 0.00000207. The summed E-state index contributed by atoms with van der Waals surface area (Å²) in [6.07, 6.45) is 6.23. The van der Waals surface area contributed by atoms with Crippen LogP contribution in [0.5, 0.6) is 0 Å². The molecule has 0 aliphatic heterocycles. The molecule has 192 valence electrons. The van der Waals surface area contributed by atoms with Gasteiger partial charge in [0.2, 0.25) is 11.8 Å². The number of carbonyl (C=O) groups excluding carboxylic acids is 1. The summed E-state index contributed by atoms with van der Waals surface area (Å²) in [6.45, 7) is 11.8. The summed E-state index contributed by atoms with van der Waals surface area (Å²) in [5.41, 5.74) is 2.77. The quantitative estimate of drug-likeness (QED) is 0.391. The number of hydrogen-bond acceptors (Lipinski definition) is 3. The van der Waals surface area contributed by atoms with Crippen LogP contribution in [0.2, 0.25) is 0 Å². The normalized spacial score (nSPS) is 15.5. The van der Waals surface area contributed by atoms with E-state index in [1.165, 1.54) is 5.75 Å². The zero-order valence-corrected chi connectivity index (χ0v) is 22.2. The van der Waals surface area contributed by atoms with Crippen LogP contribution in [0.15, 0.2) is 24.5 Å². The van der Waals surface area contributed by atoms with Crippen LogP contribution in [0, 0.1) is 5.92 Å². The molecule has 1 amide bonds. The minimum absolute atomic E-state index is 0. The van der Waals surface area contributed by atoms with Crippen LogP contribution >= 0.6 is 10.0 Å². The molecule has 0 unspecified atom stereocenters. The molecule has 0 radical (unpaired) electrons. The molecule has 1 aromatic carbocycles. The number of rotatable bonds is 10. The van der Waals surface area contributed by atoms with Crippen LogP contribution < -0.4 is 5.32 Å². The highest BCUT2D eigenvalue weighted by Gasteiger charge is 2.45. The van der Waals surface area contributed by atoms with Crippen LogP contribution in [-0.2, 0) is 22.8 Å². The van der Waals surface area contributed by atoms with Gasteiger partial charge in [-0.1, -0.05) is 40.7 Å². The van der Waals surface area contributed by atoms with Gasteiger partial charge < -0.3 is 14.6 Å². The largest absolute Gasteiger partial charge is 0.360 e. The minimum Gasteiger partial charge on any atom is -0.360 e. The van der Waals surface area contributed by atoms with Gasteiger partial charge in [-0.3, -0.25) is 4.79 Å². The maximum absolute atomic E-state index is 12.9. The van der Waals surface area contributed by atoms with Crippen LogP contribution in [0.25, 0.3) is 11.0 Å². The summed E-state index contributed by atoms with van der Waals surface area (Å²) in [7, 11) is -0.555. The molecule has 1 aromatic heterocycles. The van der Waals surface area contributed by atoms with Crippen LogP contribution in [0.3, 0.4) is 0 Å². The predicted octanol–water partition coefficient (Wildman–Crippen LogP) is 6.44. The summed E-state index contributed by atoms with van der Waals surface area (Å²) < 4.78 is 33.5. The fraction of sp³-hybridized carbons (Fsp3) is 0.680. The first-order chi connectivity index (χ1) is 15.7. The van der Waals surface area contributed by atoms with Gasteiger partial charge in [-0.15, -0.1) is 0 Å². The van der Waals surface area contributed by atoms with Crippen molar-refractivity contribution in [1.82, 2.24) is 14.9 Å². The Morgan fingerprint density at radius 1 is 1.27 bits per heavy atom. The number of benzene rings is 1. The third-order valence-corrected chi connectivity index (χ3v) is 8.45. The Morgan fingerprint density at radius 2 is 1.94 bits per heavy atom. The second-order valence-corrected chi connectivity index (χ2v) is 13.0. The number of carbonyl (C=O) groups is 1. The third-order valence-electron chi connectivity index (χ3n) is 5.62. The van der Waals surface area contributed by atoms with Crippen molar-refractivity contribution in [1.29, 1.82) is 0 Å². The lowest BCUT2D eigenvalue weighted by atomic mass is 9.79. The highest BCUT2D eigenvalue weighted by Crippen LogP contribution is 2.43. The summed E-state index contributed by atoms with van der Waals surface area (Å²) in [6, 6.07) is 5.86. The Morgan fingerprint density at radius 3 is 2.55 bits per heavy atom. The van der Waals surface area contributed by atoms with Crippen molar-refractivity contribution in [2.24, 2.45) is 5.92 Å². The van der Waals surface area contributed by atoms with Gasteiger partial charge in [-0.25, -0.2) is 23.8 Å². The van der Waals surface area contributed by atoms with Gasteiger partial charge in [0.25, 0.3) is 0 Å². The van der Waals surface area contributed by atoms with Crippen molar-refractivity contribution in [3.05, 3.63) is 30.1 Å².